The highest BCUT2D eigenvalue weighted by atomic mass is 35.5. The maximum atomic E-state index is 10.9. The van der Waals surface area contributed by atoms with E-state index in [1.54, 1.807) is 6.26 Å². The Morgan fingerprint density at radius 1 is 1.47 bits per heavy atom. The van der Waals surface area contributed by atoms with Gasteiger partial charge in [0.15, 0.2) is 0 Å². The SMILES string of the molecule is CS(=O)CCNCc1c[nH]c2cc(Cl)ccc12. The minimum Gasteiger partial charge on any atom is -0.361 e. The van der Waals surface area contributed by atoms with Gasteiger partial charge < -0.3 is 10.3 Å². The zero-order chi connectivity index (χ0) is 12.3. The molecule has 2 N–H and O–H groups in total. The number of hydrogen-bond acceptors (Lipinski definition) is 2. The van der Waals surface area contributed by atoms with Gasteiger partial charge in [0.25, 0.3) is 0 Å². The van der Waals surface area contributed by atoms with Gasteiger partial charge in [0.05, 0.1) is 0 Å². The molecular formula is C12H15ClN2OS. The summed E-state index contributed by atoms with van der Waals surface area (Å²) in [5.41, 5.74) is 2.26. The maximum Gasteiger partial charge on any atom is 0.0472 e. The molecule has 0 aliphatic rings. The molecule has 0 saturated carbocycles. The van der Waals surface area contributed by atoms with Gasteiger partial charge in [-0.25, -0.2) is 0 Å². The van der Waals surface area contributed by atoms with Crippen molar-refractivity contribution in [3.63, 3.8) is 0 Å². The topological polar surface area (TPSA) is 44.9 Å². The van der Waals surface area contributed by atoms with Gasteiger partial charge in [-0.2, -0.15) is 0 Å². The Morgan fingerprint density at radius 2 is 2.29 bits per heavy atom. The number of nitrogens with one attached hydrogen (secondary N) is 2. The Hall–Kier alpha value is -0.840. The molecule has 92 valence electrons. The van der Waals surface area contributed by atoms with Crippen LogP contribution in [0.1, 0.15) is 5.56 Å². The van der Waals surface area contributed by atoms with Crippen LogP contribution in [0.5, 0.6) is 0 Å². The van der Waals surface area contributed by atoms with E-state index in [2.05, 4.69) is 10.3 Å². The Balaban J connectivity index is 2.01. The second kappa shape index (κ2) is 5.67. The standard InChI is InChI=1S/C12H15ClN2OS/c1-17(16)5-4-14-7-9-8-15-12-6-10(13)2-3-11(9)12/h2-3,6,8,14-15H,4-5,7H2,1H3. The Bertz CT molecular complexity index is 538. The van der Waals surface area contributed by atoms with Crippen LogP contribution in [0.25, 0.3) is 10.9 Å². The third-order valence-corrected chi connectivity index (χ3v) is 3.63. The fourth-order valence-electron chi connectivity index (χ4n) is 1.74. The van der Waals surface area contributed by atoms with Gasteiger partial charge in [-0.15, -0.1) is 0 Å². The first-order valence-corrected chi connectivity index (χ1v) is 7.53. The van der Waals surface area contributed by atoms with Crippen LogP contribution in [0.15, 0.2) is 24.4 Å². The van der Waals surface area contributed by atoms with Crippen LogP contribution >= 0.6 is 11.6 Å². The van der Waals surface area contributed by atoms with Crippen molar-refractivity contribution >= 4 is 33.3 Å². The van der Waals surface area contributed by atoms with Gasteiger partial charge in [-0.1, -0.05) is 17.7 Å². The first-order chi connectivity index (χ1) is 8.16. The second-order valence-corrected chi connectivity index (χ2v) is 5.95. The summed E-state index contributed by atoms with van der Waals surface area (Å²) in [6, 6.07) is 5.83. The number of benzene rings is 1. The van der Waals surface area contributed by atoms with Crippen LogP contribution in [0.2, 0.25) is 5.02 Å². The summed E-state index contributed by atoms with van der Waals surface area (Å²) < 4.78 is 10.9. The third kappa shape index (κ3) is 3.31. The summed E-state index contributed by atoms with van der Waals surface area (Å²) in [7, 11) is -0.732. The predicted octanol–water partition coefficient (Wildman–Crippen LogP) is 2.29. The minimum absolute atomic E-state index is 0.689. The average molecular weight is 271 g/mol. The molecule has 1 aromatic carbocycles. The number of H-pyrrole nitrogens is 1. The number of halogens is 1. The second-order valence-electron chi connectivity index (χ2n) is 3.96. The smallest absolute Gasteiger partial charge is 0.0472 e. The van der Waals surface area contributed by atoms with Crippen molar-refractivity contribution in [3.8, 4) is 0 Å². The number of rotatable bonds is 5. The molecule has 1 heterocycles. The van der Waals surface area contributed by atoms with E-state index in [1.807, 2.05) is 24.4 Å². The molecule has 5 heteroatoms. The summed E-state index contributed by atoms with van der Waals surface area (Å²) in [4.78, 5) is 3.19. The Labute approximate surface area is 108 Å². The molecule has 0 aliphatic carbocycles. The van der Waals surface area contributed by atoms with Crippen molar-refractivity contribution in [2.24, 2.45) is 0 Å². The van der Waals surface area contributed by atoms with Gasteiger partial charge in [0, 0.05) is 58.0 Å². The fraction of sp³-hybridized carbons (Fsp3) is 0.333. The van der Waals surface area contributed by atoms with Gasteiger partial charge in [0.2, 0.25) is 0 Å². The molecule has 0 fully saturated rings. The highest BCUT2D eigenvalue weighted by Gasteiger charge is 2.03. The van der Waals surface area contributed by atoms with E-state index in [1.165, 1.54) is 10.9 Å². The summed E-state index contributed by atoms with van der Waals surface area (Å²) in [5.74, 6) is 0.689. The highest BCUT2D eigenvalue weighted by molar-refractivity contribution is 7.84. The zero-order valence-electron chi connectivity index (χ0n) is 9.63. The average Bonchev–Trinajstić information content (AvgIpc) is 2.66. The predicted molar refractivity (Wildman–Crippen MR) is 73.9 cm³/mol. The van der Waals surface area contributed by atoms with Crippen LogP contribution in [-0.4, -0.2) is 27.7 Å². The molecular weight excluding hydrogens is 256 g/mol. The van der Waals surface area contributed by atoms with E-state index in [4.69, 9.17) is 11.6 Å². The fourth-order valence-corrected chi connectivity index (χ4v) is 2.35. The monoisotopic (exact) mass is 270 g/mol. The first-order valence-electron chi connectivity index (χ1n) is 5.43. The normalized spacial score (nSPS) is 13.1. The minimum atomic E-state index is -0.732. The van der Waals surface area contributed by atoms with E-state index in [0.29, 0.717) is 5.75 Å². The van der Waals surface area contributed by atoms with Crippen LogP contribution in [0.3, 0.4) is 0 Å². The molecule has 1 unspecified atom stereocenters. The van der Waals surface area contributed by atoms with E-state index in [-0.39, 0.29) is 0 Å². The highest BCUT2D eigenvalue weighted by Crippen LogP contribution is 2.21. The van der Waals surface area contributed by atoms with Crippen molar-refractivity contribution in [3.05, 3.63) is 35.0 Å². The van der Waals surface area contributed by atoms with Crippen molar-refractivity contribution in [2.75, 3.05) is 18.6 Å². The molecule has 0 amide bonds. The van der Waals surface area contributed by atoms with Crippen molar-refractivity contribution in [2.45, 2.75) is 6.54 Å². The van der Waals surface area contributed by atoms with Gasteiger partial charge in [-0.3, -0.25) is 4.21 Å². The van der Waals surface area contributed by atoms with Crippen molar-refractivity contribution in [1.29, 1.82) is 0 Å². The molecule has 0 saturated heterocycles. The summed E-state index contributed by atoms with van der Waals surface area (Å²) in [5, 5.41) is 5.20. The zero-order valence-corrected chi connectivity index (χ0v) is 11.2. The Kier molecular flexibility index (Phi) is 4.20. The van der Waals surface area contributed by atoms with Crippen LogP contribution in [0.4, 0.5) is 0 Å². The molecule has 1 aromatic heterocycles. The van der Waals surface area contributed by atoms with E-state index in [0.717, 1.165) is 23.6 Å². The van der Waals surface area contributed by atoms with Gasteiger partial charge in [0.1, 0.15) is 0 Å². The molecule has 17 heavy (non-hydrogen) atoms. The number of aromatic amines is 1. The number of fused-ring (bicyclic) bond motifs is 1. The summed E-state index contributed by atoms with van der Waals surface area (Å²) in [6.07, 6.45) is 3.70. The molecule has 0 bridgehead atoms. The lowest BCUT2D eigenvalue weighted by Gasteiger charge is -2.02. The van der Waals surface area contributed by atoms with E-state index < -0.39 is 10.8 Å². The number of hydrogen-bond donors (Lipinski definition) is 2. The Morgan fingerprint density at radius 3 is 3.06 bits per heavy atom. The summed E-state index contributed by atoms with van der Waals surface area (Å²) >= 11 is 5.92. The maximum absolute atomic E-state index is 10.9. The van der Waals surface area contributed by atoms with Gasteiger partial charge in [-0.05, 0) is 17.7 Å². The quantitative estimate of drug-likeness (QED) is 0.819. The lowest BCUT2D eigenvalue weighted by atomic mass is 10.2. The lowest BCUT2D eigenvalue weighted by Crippen LogP contribution is -2.19. The van der Waals surface area contributed by atoms with Crippen molar-refractivity contribution < 1.29 is 4.21 Å². The molecule has 0 spiro atoms. The summed E-state index contributed by atoms with van der Waals surface area (Å²) in [6.45, 7) is 1.54. The van der Waals surface area contributed by atoms with Crippen LogP contribution < -0.4 is 5.32 Å². The largest absolute Gasteiger partial charge is 0.361 e. The lowest BCUT2D eigenvalue weighted by molar-refractivity contribution is 0.677. The first kappa shape index (κ1) is 12.6. The molecule has 1 atom stereocenters. The van der Waals surface area contributed by atoms with E-state index >= 15 is 0 Å². The molecule has 2 rings (SSSR count). The van der Waals surface area contributed by atoms with Crippen LogP contribution in [-0.2, 0) is 17.3 Å². The van der Waals surface area contributed by atoms with Gasteiger partial charge >= 0.3 is 0 Å². The molecule has 3 nitrogen and oxygen atoms in total. The molecule has 0 radical (unpaired) electrons. The van der Waals surface area contributed by atoms with E-state index in [9.17, 15) is 4.21 Å². The molecule has 2 aromatic rings. The van der Waals surface area contributed by atoms with Crippen molar-refractivity contribution in [1.82, 2.24) is 10.3 Å². The molecule has 0 aliphatic heterocycles. The van der Waals surface area contributed by atoms with Crippen LogP contribution in [0, 0.1) is 0 Å². The number of aromatic nitrogens is 1. The third-order valence-electron chi connectivity index (χ3n) is 2.61.